The molecule has 3 atom stereocenters. The van der Waals surface area contributed by atoms with Crippen LogP contribution in [-0.2, 0) is 6.42 Å². The zero-order valence-electron chi connectivity index (χ0n) is 16.2. The van der Waals surface area contributed by atoms with Crippen LogP contribution in [0, 0.1) is 0 Å². The highest BCUT2D eigenvalue weighted by atomic mass is 16.4. The highest BCUT2D eigenvalue weighted by molar-refractivity contribution is 5.40. The van der Waals surface area contributed by atoms with Gasteiger partial charge in [0.1, 0.15) is 11.5 Å². The summed E-state index contributed by atoms with van der Waals surface area (Å²) >= 11 is 0. The Hall–Kier alpha value is -2.85. The number of aliphatic hydroxyl groups excluding tert-OH is 1. The molecule has 2 aromatic carbocycles. The molecule has 4 heteroatoms. The summed E-state index contributed by atoms with van der Waals surface area (Å²) in [6, 6.07) is 20.8. The van der Waals surface area contributed by atoms with Crippen molar-refractivity contribution in [3.8, 4) is 5.75 Å². The van der Waals surface area contributed by atoms with E-state index in [1.165, 1.54) is 6.07 Å². The maximum atomic E-state index is 12.8. The first kappa shape index (κ1) is 19.9. The van der Waals surface area contributed by atoms with Crippen molar-refractivity contribution in [1.29, 1.82) is 0 Å². The standard InChI is InChI=1S/C24H26O4/c1-3-19(18-12-8-5-9-13-18)23-21(26)15-22(28-24(23)27)20(16(2)25)14-17-10-6-4-7-11-17/h4-13,15-16,19-20,25-26H,3,14H2,1-2H3. The molecule has 28 heavy (non-hydrogen) atoms. The number of hydrogen-bond donors (Lipinski definition) is 2. The van der Waals surface area contributed by atoms with Gasteiger partial charge in [-0.05, 0) is 30.9 Å². The first-order valence-electron chi connectivity index (χ1n) is 9.65. The van der Waals surface area contributed by atoms with Gasteiger partial charge in [0.15, 0.2) is 0 Å². The molecule has 0 amide bonds. The second-order valence-corrected chi connectivity index (χ2v) is 7.14. The molecule has 0 radical (unpaired) electrons. The van der Waals surface area contributed by atoms with Crippen LogP contribution in [-0.4, -0.2) is 16.3 Å². The molecule has 2 N–H and O–H groups in total. The van der Waals surface area contributed by atoms with Crippen molar-refractivity contribution >= 4 is 0 Å². The Kier molecular flexibility index (Phi) is 6.32. The summed E-state index contributed by atoms with van der Waals surface area (Å²) in [6.45, 7) is 3.63. The molecular weight excluding hydrogens is 352 g/mol. The largest absolute Gasteiger partial charge is 0.507 e. The maximum Gasteiger partial charge on any atom is 0.343 e. The molecule has 3 aromatic rings. The van der Waals surface area contributed by atoms with Crippen molar-refractivity contribution in [3.63, 3.8) is 0 Å². The molecule has 4 nitrogen and oxygen atoms in total. The van der Waals surface area contributed by atoms with Crippen LogP contribution in [0.2, 0.25) is 0 Å². The zero-order valence-corrected chi connectivity index (χ0v) is 16.2. The summed E-state index contributed by atoms with van der Waals surface area (Å²) < 4.78 is 5.61. The van der Waals surface area contributed by atoms with Crippen LogP contribution >= 0.6 is 0 Å². The summed E-state index contributed by atoms with van der Waals surface area (Å²) in [7, 11) is 0. The average molecular weight is 378 g/mol. The SMILES string of the molecule is CCC(c1ccccc1)c1c(O)cc(C(Cc2ccccc2)C(C)O)oc1=O. The van der Waals surface area contributed by atoms with Gasteiger partial charge in [0, 0.05) is 17.9 Å². The van der Waals surface area contributed by atoms with Gasteiger partial charge in [0.05, 0.1) is 11.7 Å². The van der Waals surface area contributed by atoms with E-state index in [1.54, 1.807) is 6.92 Å². The first-order chi connectivity index (χ1) is 13.5. The van der Waals surface area contributed by atoms with E-state index in [2.05, 4.69) is 0 Å². The molecule has 0 bridgehead atoms. The third kappa shape index (κ3) is 4.34. The van der Waals surface area contributed by atoms with Crippen molar-refractivity contribution in [2.24, 2.45) is 0 Å². The van der Waals surface area contributed by atoms with Crippen LogP contribution in [0.1, 0.15) is 54.6 Å². The van der Waals surface area contributed by atoms with Gasteiger partial charge in [-0.1, -0.05) is 67.6 Å². The van der Waals surface area contributed by atoms with Crippen LogP contribution in [0.4, 0.5) is 0 Å². The van der Waals surface area contributed by atoms with Gasteiger partial charge < -0.3 is 14.6 Å². The van der Waals surface area contributed by atoms with Gasteiger partial charge in [-0.25, -0.2) is 4.79 Å². The van der Waals surface area contributed by atoms with Crippen molar-refractivity contribution in [2.75, 3.05) is 0 Å². The molecule has 0 aliphatic heterocycles. The Morgan fingerprint density at radius 1 is 1.00 bits per heavy atom. The van der Waals surface area contributed by atoms with Gasteiger partial charge in [0.25, 0.3) is 0 Å². The van der Waals surface area contributed by atoms with E-state index < -0.39 is 17.6 Å². The molecule has 0 aliphatic carbocycles. The van der Waals surface area contributed by atoms with Gasteiger partial charge in [-0.15, -0.1) is 0 Å². The number of rotatable bonds is 7. The smallest absolute Gasteiger partial charge is 0.343 e. The van der Waals surface area contributed by atoms with Crippen molar-refractivity contribution in [3.05, 3.63) is 99.6 Å². The molecule has 0 saturated carbocycles. The first-order valence-corrected chi connectivity index (χ1v) is 9.65. The molecule has 0 saturated heterocycles. The molecule has 3 rings (SSSR count). The lowest BCUT2D eigenvalue weighted by Gasteiger charge is -2.21. The highest BCUT2D eigenvalue weighted by Gasteiger charge is 2.26. The van der Waals surface area contributed by atoms with E-state index in [-0.39, 0.29) is 17.2 Å². The van der Waals surface area contributed by atoms with Crippen LogP contribution in [0.3, 0.4) is 0 Å². The number of aliphatic hydroxyl groups is 1. The van der Waals surface area contributed by atoms with E-state index >= 15 is 0 Å². The molecule has 0 spiro atoms. The topological polar surface area (TPSA) is 70.7 Å². The van der Waals surface area contributed by atoms with E-state index in [9.17, 15) is 15.0 Å². The third-order valence-corrected chi connectivity index (χ3v) is 5.19. The van der Waals surface area contributed by atoms with Gasteiger partial charge in [-0.3, -0.25) is 0 Å². The predicted octanol–water partition coefficient (Wildman–Crippen LogP) is 4.59. The number of hydrogen-bond acceptors (Lipinski definition) is 4. The van der Waals surface area contributed by atoms with Crippen LogP contribution in [0.15, 0.2) is 75.9 Å². The highest BCUT2D eigenvalue weighted by Crippen LogP contribution is 2.34. The Morgan fingerprint density at radius 3 is 2.14 bits per heavy atom. The normalized spacial score (nSPS) is 14.4. The Morgan fingerprint density at radius 2 is 1.61 bits per heavy atom. The number of aromatic hydroxyl groups is 1. The van der Waals surface area contributed by atoms with E-state index in [0.717, 1.165) is 11.1 Å². The summed E-state index contributed by atoms with van der Waals surface area (Å²) in [4.78, 5) is 12.8. The summed E-state index contributed by atoms with van der Waals surface area (Å²) in [6.07, 6.45) is 0.437. The maximum absolute atomic E-state index is 12.8. The Balaban J connectivity index is 1.99. The van der Waals surface area contributed by atoms with E-state index in [4.69, 9.17) is 4.42 Å². The predicted molar refractivity (Wildman–Crippen MR) is 110 cm³/mol. The minimum Gasteiger partial charge on any atom is -0.507 e. The molecule has 1 aromatic heterocycles. The monoisotopic (exact) mass is 378 g/mol. The summed E-state index contributed by atoms with van der Waals surface area (Å²) in [5.74, 6) is -0.453. The molecule has 1 heterocycles. The van der Waals surface area contributed by atoms with Crippen molar-refractivity contribution in [2.45, 2.75) is 44.6 Å². The Bertz CT molecular complexity index is 945. The lowest BCUT2D eigenvalue weighted by molar-refractivity contribution is 0.147. The fourth-order valence-electron chi connectivity index (χ4n) is 3.68. The van der Waals surface area contributed by atoms with E-state index in [0.29, 0.717) is 18.6 Å². The second kappa shape index (κ2) is 8.89. The fraction of sp³-hybridized carbons (Fsp3) is 0.292. The minimum atomic E-state index is -0.732. The lowest BCUT2D eigenvalue weighted by atomic mass is 9.88. The average Bonchev–Trinajstić information content (AvgIpc) is 2.70. The number of benzene rings is 2. The summed E-state index contributed by atoms with van der Waals surface area (Å²) in [5, 5.41) is 21.0. The minimum absolute atomic E-state index is 0.0827. The summed E-state index contributed by atoms with van der Waals surface area (Å²) in [5.41, 5.74) is 1.69. The molecule has 0 fully saturated rings. The zero-order chi connectivity index (χ0) is 20.1. The Labute approximate surface area is 165 Å². The molecule has 0 aliphatic rings. The fourth-order valence-corrected chi connectivity index (χ4v) is 3.68. The molecular formula is C24H26O4. The molecule has 3 unspecified atom stereocenters. The quantitative estimate of drug-likeness (QED) is 0.631. The van der Waals surface area contributed by atoms with Gasteiger partial charge >= 0.3 is 5.63 Å². The van der Waals surface area contributed by atoms with Crippen LogP contribution in [0.25, 0.3) is 0 Å². The van der Waals surface area contributed by atoms with Crippen LogP contribution < -0.4 is 5.63 Å². The van der Waals surface area contributed by atoms with Crippen molar-refractivity contribution < 1.29 is 14.6 Å². The molecule has 146 valence electrons. The van der Waals surface area contributed by atoms with Gasteiger partial charge in [0.2, 0.25) is 0 Å². The van der Waals surface area contributed by atoms with Crippen molar-refractivity contribution in [1.82, 2.24) is 0 Å². The lowest BCUT2D eigenvalue weighted by Crippen LogP contribution is -2.21. The third-order valence-electron chi connectivity index (χ3n) is 5.19. The second-order valence-electron chi connectivity index (χ2n) is 7.14. The van der Waals surface area contributed by atoms with E-state index in [1.807, 2.05) is 67.6 Å². The van der Waals surface area contributed by atoms with Crippen LogP contribution in [0.5, 0.6) is 5.75 Å². The van der Waals surface area contributed by atoms with Gasteiger partial charge in [-0.2, -0.15) is 0 Å².